The summed E-state index contributed by atoms with van der Waals surface area (Å²) < 4.78 is 42.0. The second kappa shape index (κ2) is 7.51. The molecule has 0 aliphatic heterocycles. The Kier molecular flexibility index (Phi) is 4.89. The molecule has 0 aliphatic rings. The molecule has 0 unspecified atom stereocenters. The molecule has 144 valence electrons. The van der Waals surface area contributed by atoms with Crippen LogP contribution in [0.25, 0.3) is 22.5 Å². The minimum absolute atomic E-state index is 0.648. The van der Waals surface area contributed by atoms with E-state index in [0.29, 0.717) is 5.69 Å². The van der Waals surface area contributed by atoms with Gasteiger partial charge in [0.1, 0.15) is 0 Å². The van der Waals surface area contributed by atoms with Crippen molar-refractivity contribution in [3.05, 3.63) is 109 Å². The number of rotatable bonds is 3. The van der Waals surface area contributed by atoms with Crippen LogP contribution in [-0.2, 0) is 6.18 Å². The first kappa shape index (κ1) is 18.9. The van der Waals surface area contributed by atoms with Crippen LogP contribution in [-0.4, -0.2) is 0 Å². The summed E-state index contributed by atoms with van der Waals surface area (Å²) >= 11 is 0. The molecular weight excluding hydrogens is 373 g/mol. The lowest BCUT2D eigenvalue weighted by molar-refractivity contribution is -0.596. The SMILES string of the molecule is Cc1ccc(-[n+]2ccc(-c3cc[n+](-c4ccc(C(F)(F)F)cc4)cc3)cc2)cc1. The van der Waals surface area contributed by atoms with E-state index >= 15 is 0 Å². The summed E-state index contributed by atoms with van der Waals surface area (Å²) in [6, 6.07) is 21.4. The van der Waals surface area contributed by atoms with Gasteiger partial charge in [-0.25, -0.2) is 0 Å². The van der Waals surface area contributed by atoms with E-state index in [1.165, 1.54) is 17.7 Å². The molecule has 29 heavy (non-hydrogen) atoms. The van der Waals surface area contributed by atoms with E-state index in [0.717, 1.165) is 28.9 Å². The van der Waals surface area contributed by atoms with Crippen LogP contribution in [0.3, 0.4) is 0 Å². The highest BCUT2D eigenvalue weighted by molar-refractivity contribution is 5.61. The van der Waals surface area contributed by atoms with Gasteiger partial charge in [0.05, 0.1) is 5.56 Å². The van der Waals surface area contributed by atoms with Gasteiger partial charge >= 0.3 is 6.18 Å². The van der Waals surface area contributed by atoms with E-state index < -0.39 is 11.7 Å². The van der Waals surface area contributed by atoms with Crippen LogP contribution < -0.4 is 9.13 Å². The molecule has 0 bridgehead atoms. The van der Waals surface area contributed by atoms with Crippen molar-refractivity contribution in [3.8, 4) is 22.5 Å². The van der Waals surface area contributed by atoms with Gasteiger partial charge in [0, 0.05) is 48.5 Å². The van der Waals surface area contributed by atoms with Crippen molar-refractivity contribution >= 4 is 0 Å². The van der Waals surface area contributed by atoms with Gasteiger partial charge in [-0.1, -0.05) is 17.7 Å². The lowest BCUT2D eigenvalue weighted by atomic mass is 10.1. The third-order valence-corrected chi connectivity index (χ3v) is 4.82. The fourth-order valence-electron chi connectivity index (χ4n) is 3.12. The highest BCUT2D eigenvalue weighted by Crippen LogP contribution is 2.29. The van der Waals surface area contributed by atoms with E-state index in [1.807, 2.05) is 53.6 Å². The molecule has 0 radical (unpaired) electrons. The minimum atomic E-state index is -4.32. The Labute approximate surface area is 167 Å². The summed E-state index contributed by atoms with van der Waals surface area (Å²) in [6.45, 7) is 2.06. The van der Waals surface area contributed by atoms with Gasteiger partial charge in [0.2, 0.25) is 11.4 Å². The predicted molar refractivity (Wildman–Crippen MR) is 105 cm³/mol. The smallest absolute Gasteiger partial charge is 0.167 e. The van der Waals surface area contributed by atoms with Gasteiger partial charge in [-0.05, 0) is 30.2 Å². The quantitative estimate of drug-likeness (QED) is 0.422. The van der Waals surface area contributed by atoms with Crippen LogP contribution in [0.1, 0.15) is 11.1 Å². The van der Waals surface area contributed by atoms with Crippen LogP contribution in [0.15, 0.2) is 97.6 Å². The van der Waals surface area contributed by atoms with Crippen LogP contribution in [0.4, 0.5) is 13.2 Å². The summed E-state index contributed by atoms with van der Waals surface area (Å²) in [5.74, 6) is 0. The first-order valence-electron chi connectivity index (χ1n) is 9.18. The maximum atomic E-state index is 12.7. The molecule has 0 atom stereocenters. The highest BCUT2D eigenvalue weighted by atomic mass is 19.4. The highest BCUT2D eigenvalue weighted by Gasteiger charge is 2.30. The number of halogens is 3. The Balaban J connectivity index is 1.54. The van der Waals surface area contributed by atoms with Crippen molar-refractivity contribution in [2.75, 3.05) is 0 Å². The first-order chi connectivity index (χ1) is 13.9. The van der Waals surface area contributed by atoms with Gasteiger partial charge in [-0.2, -0.15) is 22.3 Å². The normalized spacial score (nSPS) is 11.4. The fraction of sp³-hybridized carbons (Fsp3) is 0.0833. The largest absolute Gasteiger partial charge is 0.416 e. The molecule has 4 aromatic rings. The number of nitrogens with zero attached hydrogens (tertiary/aromatic N) is 2. The summed E-state index contributed by atoms with van der Waals surface area (Å²) in [6.07, 6.45) is 3.39. The molecule has 2 aromatic carbocycles. The zero-order valence-electron chi connectivity index (χ0n) is 15.8. The Morgan fingerprint density at radius 2 is 0.931 bits per heavy atom. The standard InChI is InChI=1S/C24H19F3N2/c1-18-2-6-22(7-3-18)28-14-10-19(11-15-28)20-12-16-29(17-13-20)23-8-4-21(5-9-23)24(25,26)27/h2-17H,1H3/q+2. The first-order valence-corrected chi connectivity index (χ1v) is 9.18. The van der Waals surface area contributed by atoms with Crippen LogP contribution >= 0.6 is 0 Å². The van der Waals surface area contributed by atoms with E-state index in [-0.39, 0.29) is 0 Å². The average molecular weight is 392 g/mol. The number of aromatic nitrogens is 2. The maximum absolute atomic E-state index is 12.7. The third-order valence-electron chi connectivity index (χ3n) is 4.82. The van der Waals surface area contributed by atoms with E-state index in [4.69, 9.17) is 0 Å². The van der Waals surface area contributed by atoms with E-state index in [9.17, 15) is 13.2 Å². The van der Waals surface area contributed by atoms with Crippen molar-refractivity contribution in [1.82, 2.24) is 0 Å². The Morgan fingerprint density at radius 3 is 1.31 bits per heavy atom. The van der Waals surface area contributed by atoms with Gasteiger partial charge in [0.15, 0.2) is 24.8 Å². The lowest BCUT2D eigenvalue weighted by Crippen LogP contribution is -2.29. The average Bonchev–Trinajstić information content (AvgIpc) is 2.74. The van der Waals surface area contributed by atoms with Crippen molar-refractivity contribution in [3.63, 3.8) is 0 Å². The molecule has 5 heteroatoms. The number of hydrogen-bond donors (Lipinski definition) is 0. The lowest BCUT2D eigenvalue weighted by Gasteiger charge is -2.05. The summed E-state index contributed by atoms with van der Waals surface area (Å²) in [4.78, 5) is 0. The molecule has 4 rings (SSSR count). The second-order valence-electron chi connectivity index (χ2n) is 6.87. The maximum Gasteiger partial charge on any atom is 0.416 e. The number of alkyl halides is 3. The molecule has 2 heterocycles. The monoisotopic (exact) mass is 392 g/mol. The van der Waals surface area contributed by atoms with Crippen molar-refractivity contribution in [2.24, 2.45) is 0 Å². The molecular formula is C24H19F3N2+2. The van der Waals surface area contributed by atoms with Crippen molar-refractivity contribution in [2.45, 2.75) is 13.1 Å². The second-order valence-corrected chi connectivity index (χ2v) is 6.87. The van der Waals surface area contributed by atoms with Crippen molar-refractivity contribution in [1.29, 1.82) is 0 Å². The fourth-order valence-corrected chi connectivity index (χ4v) is 3.12. The molecule has 0 fully saturated rings. The Morgan fingerprint density at radius 1 is 0.552 bits per heavy atom. The van der Waals surface area contributed by atoms with Gasteiger partial charge in [0.25, 0.3) is 0 Å². The van der Waals surface area contributed by atoms with Gasteiger partial charge in [-0.3, -0.25) is 0 Å². The number of aryl methyl sites for hydroxylation is 1. The molecule has 2 aromatic heterocycles. The molecule has 0 aliphatic carbocycles. The predicted octanol–water partition coefficient (Wildman–Crippen LogP) is 5.23. The number of benzene rings is 2. The molecule has 0 saturated carbocycles. The molecule has 0 N–H and O–H groups in total. The van der Waals surface area contributed by atoms with Crippen LogP contribution in [0, 0.1) is 6.92 Å². The summed E-state index contributed by atoms with van der Waals surface area (Å²) in [5, 5.41) is 0. The Hall–Kier alpha value is -3.47. The zero-order valence-corrected chi connectivity index (χ0v) is 15.8. The topological polar surface area (TPSA) is 7.76 Å². The van der Waals surface area contributed by atoms with Crippen LogP contribution in [0.2, 0.25) is 0 Å². The van der Waals surface area contributed by atoms with Gasteiger partial charge in [-0.15, -0.1) is 0 Å². The molecule has 2 nitrogen and oxygen atoms in total. The Bertz CT molecular complexity index is 1100. The number of pyridine rings is 2. The molecule has 0 amide bonds. The summed E-state index contributed by atoms with van der Waals surface area (Å²) in [5.41, 5.74) is 4.43. The van der Waals surface area contributed by atoms with E-state index in [1.54, 1.807) is 4.57 Å². The zero-order chi connectivity index (χ0) is 20.4. The molecule has 0 saturated heterocycles. The minimum Gasteiger partial charge on any atom is -0.167 e. The third kappa shape index (κ3) is 4.19. The van der Waals surface area contributed by atoms with Gasteiger partial charge < -0.3 is 0 Å². The molecule has 0 spiro atoms. The van der Waals surface area contributed by atoms with Crippen LogP contribution in [0.5, 0.6) is 0 Å². The summed E-state index contributed by atoms with van der Waals surface area (Å²) in [7, 11) is 0. The van der Waals surface area contributed by atoms with E-state index in [2.05, 4.69) is 31.2 Å². The van der Waals surface area contributed by atoms with Crippen molar-refractivity contribution < 1.29 is 22.3 Å². The number of hydrogen-bond acceptors (Lipinski definition) is 0.